The van der Waals surface area contributed by atoms with Crippen LogP contribution in [0.1, 0.15) is 18.4 Å². The molecule has 1 aliphatic rings. The molecule has 6 heteroatoms. The molecule has 0 unspecified atom stereocenters. The lowest BCUT2D eigenvalue weighted by Gasteiger charge is -2.34. The number of piperidine rings is 1. The summed E-state index contributed by atoms with van der Waals surface area (Å²) >= 11 is 0. The molecule has 1 heterocycles. The highest BCUT2D eigenvalue weighted by atomic mass is 19.4. The van der Waals surface area contributed by atoms with Crippen LogP contribution in [0.2, 0.25) is 0 Å². The fourth-order valence-electron chi connectivity index (χ4n) is 2.22. The van der Waals surface area contributed by atoms with E-state index in [1.54, 1.807) is 11.0 Å². The summed E-state index contributed by atoms with van der Waals surface area (Å²) in [5, 5.41) is 0. The first-order chi connectivity index (χ1) is 8.52. The molecule has 0 aliphatic carbocycles. The van der Waals surface area contributed by atoms with Gasteiger partial charge in [-0.2, -0.15) is 13.2 Å². The second-order valence-corrected chi connectivity index (χ2v) is 4.34. The second kappa shape index (κ2) is 5.16. The lowest BCUT2D eigenvalue weighted by molar-refractivity contribution is -0.137. The summed E-state index contributed by atoms with van der Waals surface area (Å²) in [6.45, 7) is 1.05. The van der Waals surface area contributed by atoms with Crippen LogP contribution in [0.4, 0.5) is 18.9 Å². The molecular formula is C12H15F3N2O. The van der Waals surface area contributed by atoms with Gasteiger partial charge < -0.3 is 9.74 Å². The molecule has 18 heavy (non-hydrogen) atoms. The van der Waals surface area contributed by atoms with E-state index in [0.717, 1.165) is 6.07 Å². The van der Waals surface area contributed by atoms with Gasteiger partial charge in [-0.25, -0.2) is 5.90 Å². The highest BCUT2D eigenvalue weighted by Gasteiger charge is 2.35. The van der Waals surface area contributed by atoms with Crippen molar-refractivity contribution < 1.29 is 18.0 Å². The van der Waals surface area contributed by atoms with Gasteiger partial charge in [0, 0.05) is 18.8 Å². The van der Waals surface area contributed by atoms with Gasteiger partial charge in [0.25, 0.3) is 0 Å². The molecular weight excluding hydrogens is 245 g/mol. The summed E-state index contributed by atoms with van der Waals surface area (Å²) in [5.41, 5.74) is -0.349. The zero-order chi connectivity index (χ0) is 13.2. The maximum atomic E-state index is 12.9. The number of alkyl halides is 3. The van der Waals surface area contributed by atoms with Crippen molar-refractivity contribution in [1.82, 2.24) is 0 Å². The standard InChI is InChI=1S/C12H15F3N2O/c13-12(14,15)10-3-1-2-4-11(10)17-7-5-9(18-16)6-8-17/h1-4,9H,5-8,16H2. The van der Waals surface area contributed by atoms with Gasteiger partial charge in [-0.15, -0.1) is 0 Å². The van der Waals surface area contributed by atoms with E-state index in [2.05, 4.69) is 0 Å². The first kappa shape index (κ1) is 13.2. The highest BCUT2D eigenvalue weighted by Crippen LogP contribution is 2.37. The Hall–Kier alpha value is -1.27. The van der Waals surface area contributed by atoms with E-state index in [4.69, 9.17) is 10.7 Å². The molecule has 100 valence electrons. The van der Waals surface area contributed by atoms with Crippen molar-refractivity contribution in [1.29, 1.82) is 0 Å². The molecule has 0 amide bonds. The molecule has 0 aromatic heterocycles. The van der Waals surface area contributed by atoms with Gasteiger partial charge in [0.15, 0.2) is 0 Å². The Morgan fingerprint density at radius 3 is 2.33 bits per heavy atom. The van der Waals surface area contributed by atoms with Gasteiger partial charge in [0.05, 0.1) is 11.7 Å². The number of halogens is 3. The average Bonchev–Trinajstić information content (AvgIpc) is 2.38. The summed E-state index contributed by atoms with van der Waals surface area (Å²) in [6.07, 6.45) is -3.09. The summed E-state index contributed by atoms with van der Waals surface area (Å²) < 4.78 is 38.6. The monoisotopic (exact) mass is 260 g/mol. The van der Waals surface area contributed by atoms with Crippen molar-refractivity contribution in [2.45, 2.75) is 25.1 Å². The highest BCUT2D eigenvalue weighted by molar-refractivity contribution is 5.55. The smallest absolute Gasteiger partial charge is 0.371 e. The molecule has 1 fully saturated rings. The number of hydrogen-bond acceptors (Lipinski definition) is 3. The Morgan fingerprint density at radius 1 is 1.17 bits per heavy atom. The minimum absolute atomic E-state index is 0.0562. The molecule has 1 aliphatic heterocycles. The Balaban J connectivity index is 2.19. The van der Waals surface area contributed by atoms with Crippen molar-refractivity contribution in [3.63, 3.8) is 0 Å². The van der Waals surface area contributed by atoms with E-state index >= 15 is 0 Å². The quantitative estimate of drug-likeness (QED) is 0.830. The van der Waals surface area contributed by atoms with Gasteiger partial charge >= 0.3 is 6.18 Å². The number of para-hydroxylation sites is 1. The Kier molecular flexibility index (Phi) is 3.77. The normalized spacial score (nSPS) is 18.1. The third-order valence-electron chi connectivity index (χ3n) is 3.18. The van der Waals surface area contributed by atoms with Crippen molar-refractivity contribution in [3.8, 4) is 0 Å². The molecule has 0 radical (unpaired) electrons. The molecule has 0 atom stereocenters. The summed E-state index contributed by atoms with van der Waals surface area (Å²) in [7, 11) is 0. The first-order valence-electron chi connectivity index (χ1n) is 5.79. The van der Waals surface area contributed by atoms with Crippen molar-refractivity contribution in [2.75, 3.05) is 18.0 Å². The predicted molar refractivity (Wildman–Crippen MR) is 62.0 cm³/mol. The van der Waals surface area contributed by atoms with Crippen LogP contribution in [0, 0.1) is 0 Å². The molecule has 0 saturated carbocycles. The number of benzene rings is 1. The third kappa shape index (κ3) is 2.76. The fraction of sp³-hybridized carbons (Fsp3) is 0.500. The Bertz CT molecular complexity index is 401. The number of hydrogen-bond donors (Lipinski definition) is 1. The molecule has 0 spiro atoms. The number of nitrogens with zero attached hydrogens (tertiary/aromatic N) is 1. The van der Waals surface area contributed by atoms with Crippen LogP contribution in [0.3, 0.4) is 0 Å². The van der Waals surface area contributed by atoms with Crippen LogP contribution >= 0.6 is 0 Å². The minimum atomic E-state index is -4.32. The second-order valence-electron chi connectivity index (χ2n) is 4.34. The largest absolute Gasteiger partial charge is 0.418 e. The van der Waals surface area contributed by atoms with Crippen LogP contribution < -0.4 is 10.8 Å². The van der Waals surface area contributed by atoms with Gasteiger partial charge in [0.2, 0.25) is 0 Å². The zero-order valence-corrected chi connectivity index (χ0v) is 9.78. The van der Waals surface area contributed by atoms with Crippen LogP contribution in [0.5, 0.6) is 0 Å². The summed E-state index contributed by atoms with van der Waals surface area (Å²) in [5.74, 6) is 5.09. The molecule has 1 aromatic rings. The number of anilines is 1. The third-order valence-corrected chi connectivity index (χ3v) is 3.18. The molecule has 2 rings (SSSR count). The van der Waals surface area contributed by atoms with E-state index < -0.39 is 11.7 Å². The van der Waals surface area contributed by atoms with E-state index in [-0.39, 0.29) is 11.8 Å². The van der Waals surface area contributed by atoms with E-state index in [9.17, 15) is 13.2 Å². The topological polar surface area (TPSA) is 38.5 Å². The van der Waals surface area contributed by atoms with Crippen molar-refractivity contribution in [3.05, 3.63) is 29.8 Å². The van der Waals surface area contributed by atoms with Crippen molar-refractivity contribution in [2.24, 2.45) is 5.90 Å². The minimum Gasteiger partial charge on any atom is -0.371 e. The molecule has 2 N–H and O–H groups in total. The van der Waals surface area contributed by atoms with E-state index in [0.29, 0.717) is 25.9 Å². The van der Waals surface area contributed by atoms with Gasteiger partial charge in [-0.1, -0.05) is 12.1 Å². The number of nitrogens with two attached hydrogens (primary N) is 1. The summed E-state index contributed by atoms with van der Waals surface area (Å²) in [6, 6.07) is 5.64. The van der Waals surface area contributed by atoms with Gasteiger partial charge in [0.1, 0.15) is 0 Å². The van der Waals surface area contributed by atoms with Crippen LogP contribution in [-0.4, -0.2) is 19.2 Å². The summed E-state index contributed by atoms with van der Waals surface area (Å²) in [4.78, 5) is 6.46. The lowest BCUT2D eigenvalue weighted by Crippen LogP contribution is -2.38. The Labute approximate surface area is 103 Å². The van der Waals surface area contributed by atoms with Crippen LogP contribution in [0.25, 0.3) is 0 Å². The average molecular weight is 260 g/mol. The zero-order valence-electron chi connectivity index (χ0n) is 9.78. The Morgan fingerprint density at radius 2 is 1.78 bits per heavy atom. The number of rotatable bonds is 2. The molecule has 0 bridgehead atoms. The van der Waals surface area contributed by atoms with E-state index in [1.165, 1.54) is 12.1 Å². The van der Waals surface area contributed by atoms with Gasteiger partial charge in [-0.3, -0.25) is 0 Å². The SMILES string of the molecule is NOC1CCN(c2ccccc2C(F)(F)F)CC1. The maximum absolute atomic E-state index is 12.9. The first-order valence-corrected chi connectivity index (χ1v) is 5.79. The lowest BCUT2D eigenvalue weighted by atomic mass is 10.0. The molecule has 1 saturated heterocycles. The molecule has 3 nitrogen and oxygen atoms in total. The van der Waals surface area contributed by atoms with Crippen LogP contribution in [0.15, 0.2) is 24.3 Å². The van der Waals surface area contributed by atoms with Crippen LogP contribution in [-0.2, 0) is 11.0 Å². The van der Waals surface area contributed by atoms with Gasteiger partial charge in [-0.05, 0) is 25.0 Å². The molecule has 1 aromatic carbocycles. The maximum Gasteiger partial charge on any atom is 0.418 e. The van der Waals surface area contributed by atoms with Crippen molar-refractivity contribution >= 4 is 5.69 Å². The predicted octanol–water partition coefficient (Wildman–Crippen LogP) is 2.56. The fourth-order valence-corrected chi connectivity index (χ4v) is 2.22. The van der Waals surface area contributed by atoms with E-state index in [1.807, 2.05) is 0 Å².